The molecule has 154 valence electrons. The molecule has 1 aromatic rings. The predicted octanol–water partition coefficient (Wildman–Crippen LogP) is 2.50. The Balaban J connectivity index is 1.85. The van der Waals surface area contributed by atoms with E-state index in [1.165, 1.54) is 0 Å². The Kier molecular flexibility index (Phi) is 7.84. The maximum absolute atomic E-state index is 12.3. The Labute approximate surface area is 167 Å². The van der Waals surface area contributed by atoms with E-state index in [0.717, 1.165) is 11.1 Å². The summed E-state index contributed by atoms with van der Waals surface area (Å²) >= 11 is 0. The topological polar surface area (TPSA) is 79.0 Å². The van der Waals surface area contributed by atoms with Gasteiger partial charge in [0.2, 0.25) is 5.91 Å². The first-order chi connectivity index (χ1) is 13.3. The minimum absolute atomic E-state index is 0.0185. The Morgan fingerprint density at radius 3 is 2.43 bits per heavy atom. The van der Waals surface area contributed by atoms with E-state index >= 15 is 0 Å². The molecule has 1 saturated heterocycles. The molecule has 1 aromatic carbocycles. The van der Waals surface area contributed by atoms with Crippen molar-refractivity contribution in [2.75, 3.05) is 32.8 Å². The molecule has 0 atom stereocenters. The standard InChI is InChI=1S/C21H31N3O4/c1-5-28-21(27)23-11-8-19(9-12-23)24(17(4)25)13-10-22-20(26)18-7-6-15(2)16(3)14-18/h6-7,14,19H,5,8-13H2,1-4H3,(H,22,26). The smallest absolute Gasteiger partial charge is 0.409 e. The third kappa shape index (κ3) is 5.71. The lowest BCUT2D eigenvalue weighted by Crippen LogP contribution is -2.50. The fourth-order valence-electron chi connectivity index (χ4n) is 3.45. The summed E-state index contributed by atoms with van der Waals surface area (Å²) in [6.07, 6.45) is 1.13. The van der Waals surface area contributed by atoms with Gasteiger partial charge in [0.05, 0.1) is 6.61 Å². The molecule has 7 heteroatoms. The molecule has 1 aliphatic heterocycles. The molecule has 28 heavy (non-hydrogen) atoms. The maximum atomic E-state index is 12.3. The largest absolute Gasteiger partial charge is 0.450 e. The monoisotopic (exact) mass is 389 g/mol. The highest BCUT2D eigenvalue weighted by molar-refractivity contribution is 5.94. The molecule has 1 N–H and O–H groups in total. The van der Waals surface area contributed by atoms with Gasteiger partial charge in [0.15, 0.2) is 0 Å². The molecule has 0 bridgehead atoms. The van der Waals surface area contributed by atoms with Crippen molar-refractivity contribution in [1.29, 1.82) is 0 Å². The number of aryl methyl sites for hydroxylation is 2. The zero-order valence-corrected chi connectivity index (χ0v) is 17.3. The van der Waals surface area contributed by atoms with Crippen LogP contribution >= 0.6 is 0 Å². The number of piperidine rings is 1. The van der Waals surface area contributed by atoms with Crippen LogP contribution in [0.1, 0.15) is 48.2 Å². The lowest BCUT2D eigenvalue weighted by molar-refractivity contribution is -0.131. The van der Waals surface area contributed by atoms with Gasteiger partial charge in [-0.2, -0.15) is 0 Å². The van der Waals surface area contributed by atoms with Gasteiger partial charge < -0.3 is 19.9 Å². The number of carbonyl (C=O) groups is 3. The van der Waals surface area contributed by atoms with Crippen molar-refractivity contribution in [3.63, 3.8) is 0 Å². The second kappa shape index (κ2) is 10.1. The summed E-state index contributed by atoms with van der Waals surface area (Å²) in [6, 6.07) is 5.69. The summed E-state index contributed by atoms with van der Waals surface area (Å²) in [5.74, 6) is -0.154. The molecule has 7 nitrogen and oxygen atoms in total. The van der Waals surface area contributed by atoms with E-state index in [-0.39, 0.29) is 23.9 Å². The van der Waals surface area contributed by atoms with Gasteiger partial charge in [0, 0.05) is 44.7 Å². The zero-order valence-electron chi connectivity index (χ0n) is 17.3. The van der Waals surface area contributed by atoms with Gasteiger partial charge in [-0.1, -0.05) is 6.07 Å². The van der Waals surface area contributed by atoms with Crippen LogP contribution in [0.2, 0.25) is 0 Å². The first kappa shape index (κ1) is 21.7. The van der Waals surface area contributed by atoms with E-state index < -0.39 is 0 Å². The average Bonchev–Trinajstić information content (AvgIpc) is 2.67. The van der Waals surface area contributed by atoms with E-state index in [1.54, 1.807) is 23.6 Å². The van der Waals surface area contributed by atoms with Crippen LogP contribution in [-0.4, -0.2) is 66.5 Å². The molecule has 0 spiro atoms. The second-order valence-electron chi connectivity index (χ2n) is 7.18. The molecule has 1 fully saturated rings. The summed E-state index contributed by atoms with van der Waals surface area (Å²) < 4.78 is 5.03. The summed E-state index contributed by atoms with van der Waals surface area (Å²) in [4.78, 5) is 39.7. The number of carbonyl (C=O) groups excluding carboxylic acids is 3. The Morgan fingerprint density at radius 1 is 1.18 bits per heavy atom. The highest BCUT2D eigenvalue weighted by Crippen LogP contribution is 2.17. The molecule has 0 saturated carbocycles. The Bertz CT molecular complexity index is 712. The predicted molar refractivity (Wildman–Crippen MR) is 107 cm³/mol. The normalized spacial score (nSPS) is 14.5. The molecular formula is C21H31N3O4. The van der Waals surface area contributed by atoms with Crippen LogP contribution in [-0.2, 0) is 9.53 Å². The average molecular weight is 389 g/mol. The highest BCUT2D eigenvalue weighted by Gasteiger charge is 2.28. The number of amides is 3. The number of hydrogen-bond acceptors (Lipinski definition) is 4. The maximum Gasteiger partial charge on any atom is 0.409 e. The molecule has 0 radical (unpaired) electrons. The van der Waals surface area contributed by atoms with Crippen LogP contribution in [0.4, 0.5) is 4.79 Å². The van der Waals surface area contributed by atoms with Gasteiger partial charge >= 0.3 is 6.09 Å². The summed E-state index contributed by atoms with van der Waals surface area (Å²) in [5, 5.41) is 2.90. The first-order valence-corrected chi connectivity index (χ1v) is 9.87. The molecule has 2 rings (SSSR count). The fourth-order valence-corrected chi connectivity index (χ4v) is 3.45. The Morgan fingerprint density at radius 2 is 1.86 bits per heavy atom. The van der Waals surface area contributed by atoms with Crippen molar-refractivity contribution in [2.24, 2.45) is 0 Å². The van der Waals surface area contributed by atoms with Crippen LogP contribution < -0.4 is 5.32 Å². The van der Waals surface area contributed by atoms with Crippen LogP contribution in [0, 0.1) is 13.8 Å². The molecule has 0 aliphatic carbocycles. The molecular weight excluding hydrogens is 358 g/mol. The minimum Gasteiger partial charge on any atom is -0.450 e. The third-order valence-electron chi connectivity index (χ3n) is 5.24. The molecule has 1 aliphatic rings. The lowest BCUT2D eigenvalue weighted by atomic mass is 10.0. The van der Waals surface area contributed by atoms with Crippen molar-refractivity contribution in [2.45, 2.75) is 46.6 Å². The van der Waals surface area contributed by atoms with E-state index in [9.17, 15) is 14.4 Å². The highest BCUT2D eigenvalue weighted by atomic mass is 16.6. The molecule has 0 unspecified atom stereocenters. The van der Waals surface area contributed by atoms with Crippen molar-refractivity contribution in [3.05, 3.63) is 34.9 Å². The van der Waals surface area contributed by atoms with E-state index in [2.05, 4.69) is 5.32 Å². The number of hydrogen-bond donors (Lipinski definition) is 1. The van der Waals surface area contributed by atoms with Crippen LogP contribution in [0.3, 0.4) is 0 Å². The fraction of sp³-hybridized carbons (Fsp3) is 0.571. The summed E-state index contributed by atoms with van der Waals surface area (Å²) in [6.45, 7) is 9.67. The number of benzene rings is 1. The van der Waals surface area contributed by atoms with Crippen molar-refractivity contribution in [3.8, 4) is 0 Å². The Hall–Kier alpha value is -2.57. The molecule has 3 amide bonds. The van der Waals surface area contributed by atoms with Crippen molar-refractivity contribution in [1.82, 2.24) is 15.1 Å². The second-order valence-corrected chi connectivity index (χ2v) is 7.18. The van der Waals surface area contributed by atoms with Crippen molar-refractivity contribution < 1.29 is 19.1 Å². The number of likely N-dealkylation sites (tertiary alicyclic amines) is 1. The van der Waals surface area contributed by atoms with Crippen LogP contribution in [0.25, 0.3) is 0 Å². The number of nitrogens with one attached hydrogen (secondary N) is 1. The molecule has 0 aromatic heterocycles. The van der Waals surface area contributed by atoms with Crippen molar-refractivity contribution >= 4 is 17.9 Å². The van der Waals surface area contributed by atoms with Gasteiger partial charge in [0.25, 0.3) is 5.91 Å². The first-order valence-electron chi connectivity index (χ1n) is 9.87. The zero-order chi connectivity index (χ0) is 20.7. The van der Waals surface area contributed by atoms with Gasteiger partial charge in [-0.25, -0.2) is 4.79 Å². The van der Waals surface area contributed by atoms with Gasteiger partial charge in [-0.3, -0.25) is 9.59 Å². The quantitative estimate of drug-likeness (QED) is 0.811. The van der Waals surface area contributed by atoms with Crippen LogP contribution in [0.15, 0.2) is 18.2 Å². The van der Waals surface area contributed by atoms with E-state index in [0.29, 0.717) is 51.2 Å². The summed E-state index contributed by atoms with van der Waals surface area (Å²) in [7, 11) is 0. The number of rotatable bonds is 6. The number of ether oxygens (including phenoxy) is 1. The van der Waals surface area contributed by atoms with E-state index in [1.807, 2.05) is 32.0 Å². The van der Waals surface area contributed by atoms with Gasteiger partial charge in [-0.15, -0.1) is 0 Å². The summed E-state index contributed by atoms with van der Waals surface area (Å²) in [5.41, 5.74) is 2.85. The van der Waals surface area contributed by atoms with Crippen LogP contribution in [0.5, 0.6) is 0 Å². The SMILES string of the molecule is CCOC(=O)N1CCC(N(CCNC(=O)c2ccc(C)c(C)c2)C(C)=O)CC1. The number of nitrogens with zero attached hydrogens (tertiary/aromatic N) is 2. The van der Waals surface area contributed by atoms with E-state index in [4.69, 9.17) is 4.74 Å². The molecule has 1 heterocycles. The van der Waals surface area contributed by atoms with Gasteiger partial charge in [-0.05, 0) is 56.9 Å². The third-order valence-corrected chi connectivity index (χ3v) is 5.24. The lowest BCUT2D eigenvalue weighted by Gasteiger charge is -2.37. The minimum atomic E-state index is -0.295. The van der Waals surface area contributed by atoms with Gasteiger partial charge in [0.1, 0.15) is 0 Å².